The average Bonchev–Trinajstić information content (AvgIpc) is 3.21. The summed E-state index contributed by atoms with van der Waals surface area (Å²) >= 11 is 0. The molecule has 1 aromatic heterocycles. The van der Waals surface area contributed by atoms with Crippen LogP contribution in [-0.4, -0.2) is 18.8 Å². The van der Waals surface area contributed by atoms with Crippen molar-refractivity contribution in [3.8, 4) is 0 Å². The smallest absolute Gasteiger partial charge is 0.192 e. The first-order valence-corrected chi connectivity index (χ1v) is 11.8. The molecule has 0 bridgehead atoms. The number of hydrogen-bond donors (Lipinski definition) is 1. The number of nitrogens with two attached hydrogens (primary N) is 1. The molecule has 1 saturated carbocycles. The van der Waals surface area contributed by atoms with Crippen molar-refractivity contribution in [2.75, 3.05) is 0 Å². The number of rotatable bonds is 5. The van der Waals surface area contributed by atoms with Gasteiger partial charge in [0, 0.05) is 17.1 Å². The van der Waals surface area contributed by atoms with E-state index < -0.39 is 8.32 Å². The van der Waals surface area contributed by atoms with E-state index in [1.165, 1.54) is 16.5 Å². The molecule has 3 nitrogen and oxygen atoms in total. The van der Waals surface area contributed by atoms with Crippen molar-refractivity contribution >= 4 is 19.2 Å². The first kappa shape index (κ1) is 17.6. The van der Waals surface area contributed by atoms with Gasteiger partial charge in [-0.15, -0.1) is 0 Å². The van der Waals surface area contributed by atoms with E-state index in [0.717, 1.165) is 24.8 Å². The highest BCUT2D eigenvalue weighted by Gasteiger charge is 2.39. The Labute approximate surface area is 146 Å². The van der Waals surface area contributed by atoms with Crippen molar-refractivity contribution < 1.29 is 4.43 Å². The maximum absolute atomic E-state index is 6.42. The van der Waals surface area contributed by atoms with Crippen LogP contribution in [0.15, 0.2) is 30.5 Å². The van der Waals surface area contributed by atoms with Gasteiger partial charge in [0.15, 0.2) is 8.32 Å². The Kier molecular flexibility index (Phi) is 4.35. The molecule has 1 fully saturated rings. The fraction of sp³-hybridized carbons (Fsp3) is 0.550. The SMILES string of the molecule is CC(C)(C)[Si](C)(C)OCc1cc(CC2(N)CC2)c2ncccc2c1. The summed E-state index contributed by atoms with van der Waals surface area (Å²) in [5.41, 5.74) is 9.95. The fourth-order valence-corrected chi connectivity index (χ4v) is 3.71. The van der Waals surface area contributed by atoms with Gasteiger partial charge in [-0.05, 0) is 60.7 Å². The zero-order chi connectivity index (χ0) is 17.6. The van der Waals surface area contributed by atoms with Crippen LogP contribution in [0.4, 0.5) is 0 Å². The van der Waals surface area contributed by atoms with Gasteiger partial charge in [0.2, 0.25) is 0 Å². The standard InChI is InChI=1S/C20H30N2OSi/c1-19(2,3)24(4,5)23-14-15-11-16-7-6-10-22-18(16)17(12-15)13-20(21)8-9-20/h6-7,10-12H,8-9,13-14,21H2,1-5H3. The predicted molar refractivity (Wildman–Crippen MR) is 104 cm³/mol. The van der Waals surface area contributed by atoms with E-state index >= 15 is 0 Å². The molecule has 2 aromatic rings. The largest absolute Gasteiger partial charge is 0.413 e. The Hall–Kier alpha value is -1.23. The van der Waals surface area contributed by atoms with Crippen LogP contribution >= 0.6 is 0 Å². The van der Waals surface area contributed by atoms with Crippen LogP contribution in [0.3, 0.4) is 0 Å². The molecule has 1 aromatic carbocycles. The summed E-state index contributed by atoms with van der Waals surface area (Å²) in [4.78, 5) is 4.59. The van der Waals surface area contributed by atoms with Gasteiger partial charge in [0.1, 0.15) is 0 Å². The summed E-state index contributed by atoms with van der Waals surface area (Å²) in [6.07, 6.45) is 5.01. The number of benzene rings is 1. The summed E-state index contributed by atoms with van der Waals surface area (Å²) in [5, 5.41) is 1.41. The van der Waals surface area contributed by atoms with Crippen molar-refractivity contribution in [1.82, 2.24) is 4.98 Å². The maximum atomic E-state index is 6.42. The molecule has 24 heavy (non-hydrogen) atoms. The number of fused-ring (bicyclic) bond motifs is 1. The number of nitrogens with zero attached hydrogens (tertiary/aromatic N) is 1. The molecule has 0 atom stereocenters. The Balaban J connectivity index is 1.88. The number of aromatic nitrogens is 1. The van der Waals surface area contributed by atoms with Crippen molar-refractivity contribution in [1.29, 1.82) is 0 Å². The third-order valence-electron chi connectivity index (χ3n) is 5.68. The van der Waals surface area contributed by atoms with Gasteiger partial charge in [0.25, 0.3) is 0 Å². The third-order valence-corrected chi connectivity index (χ3v) is 10.2. The summed E-state index contributed by atoms with van der Waals surface area (Å²) in [6, 6.07) is 8.61. The van der Waals surface area contributed by atoms with Crippen molar-refractivity contribution in [2.24, 2.45) is 5.73 Å². The Bertz CT molecular complexity index is 745. The predicted octanol–water partition coefficient (Wildman–Crippen LogP) is 4.79. The molecule has 4 heteroatoms. The summed E-state index contributed by atoms with van der Waals surface area (Å²) < 4.78 is 6.42. The Morgan fingerprint density at radius 2 is 1.96 bits per heavy atom. The summed E-state index contributed by atoms with van der Waals surface area (Å²) in [5.74, 6) is 0. The zero-order valence-electron chi connectivity index (χ0n) is 15.6. The summed E-state index contributed by atoms with van der Waals surface area (Å²) in [7, 11) is -1.75. The molecular formula is C20H30N2OSi. The van der Waals surface area contributed by atoms with Gasteiger partial charge in [-0.2, -0.15) is 0 Å². The van der Waals surface area contributed by atoms with Gasteiger partial charge in [0.05, 0.1) is 12.1 Å². The van der Waals surface area contributed by atoms with Crippen LogP contribution in [0.5, 0.6) is 0 Å². The van der Waals surface area contributed by atoms with Crippen LogP contribution in [0.2, 0.25) is 18.1 Å². The maximum Gasteiger partial charge on any atom is 0.192 e. The van der Waals surface area contributed by atoms with E-state index in [2.05, 4.69) is 57.0 Å². The van der Waals surface area contributed by atoms with Crippen molar-refractivity contribution in [3.05, 3.63) is 41.6 Å². The van der Waals surface area contributed by atoms with Crippen molar-refractivity contribution in [2.45, 2.75) is 70.3 Å². The highest BCUT2D eigenvalue weighted by molar-refractivity contribution is 6.74. The molecule has 1 heterocycles. The number of hydrogen-bond acceptors (Lipinski definition) is 3. The molecular weight excluding hydrogens is 312 g/mol. The second-order valence-corrected chi connectivity index (χ2v) is 13.7. The lowest BCUT2D eigenvalue weighted by Gasteiger charge is -2.36. The quantitative estimate of drug-likeness (QED) is 0.795. The minimum atomic E-state index is -1.75. The molecule has 0 aliphatic heterocycles. The van der Waals surface area contributed by atoms with Gasteiger partial charge < -0.3 is 10.2 Å². The molecule has 0 amide bonds. The first-order valence-electron chi connectivity index (χ1n) is 8.89. The van der Waals surface area contributed by atoms with Crippen LogP contribution < -0.4 is 5.73 Å². The fourth-order valence-electron chi connectivity index (χ4n) is 2.75. The molecule has 0 radical (unpaired) electrons. The zero-order valence-corrected chi connectivity index (χ0v) is 16.6. The molecule has 1 aliphatic rings. The van der Waals surface area contributed by atoms with Gasteiger partial charge in [-0.3, -0.25) is 4.98 Å². The molecule has 0 unspecified atom stereocenters. The Morgan fingerprint density at radius 3 is 2.58 bits per heavy atom. The van der Waals surface area contributed by atoms with Crippen LogP contribution in [0, 0.1) is 0 Å². The topological polar surface area (TPSA) is 48.1 Å². The minimum Gasteiger partial charge on any atom is -0.413 e. The molecule has 3 rings (SSSR count). The van der Waals surface area contributed by atoms with Gasteiger partial charge in [-0.1, -0.05) is 32.9 Å². The highest BCUT2D eigenvalue weighted by atomic mass is 28.4. The lowest BCUT2D eigenvalue weighted by molar-refractivity contribution is 0.276. The molecule has 1 aliphatic carbocycles. The second-order valence-electron chi connectivity index (χ2n) is 8.92. The lowest BCUT2D eigenvalue weighted by atomic mass is 9.99. The number of pyridine rings is 1. The van der Waals surface area contributed by atoms with E-state index in [4.69, 9.17) is 10.2 Å². The van der Waals surface area contributed by atoms with E-state index in [0.29, 0.717) is 6.61 Å². The molecule has 0 saturated heterocycles. The molecule has 0 spiro atoms. The first-order chi connectivity index (χ1) is 11.1. The van der Waals surface area contributed by atoms with Gasteiger partial charge >= 0.3 is 0 Å². The van der Waals surface area contributed by atoms with Crippen LogP contribution in [-0.2, 0) is 17.5 Å². The summed E-state index contributed by atoms with van der Waals surface area (Å²) in [6.45, 7) is 12.1. The van der Waals surface area contributed by atoms with Crippen molar-refractivity contribution in [3.63, 3.8) is 0 Å². The van der Waals surface area contributed by atoms with E-state index in [-0.39, 0.29) is 10.6 Å². The van der Waals surface area contributed by atoms with Gasteiger partial charge in [-0.25, -0.2) is 0 Å². The van der Waals surface area contributed by atoms with E-state index in [9.17, 15) is 0 Å². The highest BCUT2D eigenvalue weighted by Crippen LogP contribution is 2.39. The molecule has 130 valence electrons. The average molecular weight is 343 g/mol. The van der Waals surface area contributed by atoms with E-state index in [1.807, 2.05) is 12.3 Å². The second kappa shape index (κ2) is 5.94. The normalized spacial score (nSPS) is 17.2. The third kappa shape index (κ3) is 3.71. The van der Waals surface area contributed by atoms with E-state index in [1.54, 1.807) is 0 Å². The monoisotopic (exact) mass is 342 g/mol. The lowest BCUT2D eigenvalue weighted by Crippen LogP contribution is -2.40. The van der Waals surface area contributed by atoms with Crippen LogP contribution in [0.25, 0.3) is 10.9 Å². The Morgan fingerprint density at radius 1 is 1.25 bits per heavy atom. The minimum absolute atomic E-state index is 0.0106. The molecule has 2 N–H and O–H groups in total. The van der Waals surface area contributed by atoms with Crippen LogP contribution in [0.1, 0.15) is 44.7 Å².